The molecule has 1 saturated heterocycles. The zero-order valence-corrected chi connectivity index (χ0v) is 28.7. The lowest BCUT2D eigenvalue weighted by molar-refractivity contribution is -0.192. The molecular weight excluding hydrogens is 670 g/mol. The number of halogens is 3. The van der Waals surface area contributed by atoms with Crippen molar-refractivity contribution in [2.75, 3.05) is 39.0 Å². The zero-order valence-electron chi connectivity index (χ0n) is 27.0. The van der Waals surface area contributed by atoms with E-state index in [-0.39, 0.29) is 29.0 Å². The second-order valence-corrected chi connectivity index (χ2v) is 16.4. The smallest absolute Gasteiger partial charge is 0.475 e. The number of nitrogens with zero attached hydrogens (tertiary/aromatic N) is 2. The van der Waals surface area contributed by atoms with Gasteiger partial charge in [-0.1, -0.05) is 79.9 Å². The molecule has 10 nitrogen and oxygen atoms in total. The minimum atomic E-state index is -5.08. The predicted octanol–water partition coefficient (Wildman–Crippen LogP) is 4.70. The summed E-state index contributed by atoms with van der Waals surface area (Å²) in [7, 11) is -0.308. The van der Waals surface area contributed by atoms with Crippen molar-refractivity contribution in [3.63, 3.8) is 0 Å². The van der Waals surface area contributed by atoms with Crippen molar-refractivity contribution in [3.8, 4) is 0 Å². The van der Waals surface area contributed by atoms with E-state index >= 15 is 0 Å². The van der Waals surface area contributed by atoms with E-state index in [0.717, 1.165) is 54.3 Å². The van der Waals surface area contributed by atoms with Crippen LogP contribution < -0.4 is 10.6 Å². The number of alkyl halides is 3. The molecule has 0 aromatic heterocycles. The summed E-state index contributed by atoms with van der Waals surface area (Å²) >= 11 is 0. The van der Waals surface area contributed by atoms with Gasteiger partial charge in [-0.3, -0.25) is 4.79 Å². The van der Waals surface area contributed by atoms with E-state index in [2.05, 4.69) is 15.5 Å². The molecule has 3 amide bonds. The van der Waals surface area contributed by atoms with Gasteiger partial charge in [0.2, 0.25) is 14.8 Å². The molecule has 1 aliphatic carbocycles. The molecule has 1 aliphatic heterocycles. The number of likely N-dealkylation sites (N-methyl/N-ethyl adjacent to an activating group) is 1. The highest BCUT2D eigenvalue weighted by Gasteiger charge is 2.38. The average Bonchev–Trinajstić information content (AvgIpc) is 3.07. The van der Waals surface area contributed by atoms with E-state index in [0.29, 0.717) is 45.2 Å². The molecule has 2 atom stereocenters. The monoisotopic (exact) mass is 714 g/mol. The van der Waals surface area contributed by atoms with Gasteiger partial charge in [0, 0.05) is 44.4 Å². The lowest BCUT2D eigenvalue weighted by Crippen LogP contribution is -2.57. The minimum Gasteiger partial charge on any atom is -0.475 e. The number of carbonyl (C=O) groups excluding carboxylic acids is 2. The third-order valence-corrected chi connectivity index (χ3v) is 12.7. The van der Waals surface area contributed by atoms with Crippen LogP contribution in [0.5, 0.6) is 0 Å². The number of piperazine rings is 1. The molecule has 2 aromatic carbocycles. The summed E-state index contributed by atoms with van der Waals surface area (Å²) < 4.78 is 58.0. The van der Waals surface area contributed by atoms with Gasteiger partial charge < -0.3 is 25.5 Å². The molecule has 1 saturated carbocycles. The average molecular weight is 715 g/mol. The van der Waals surface area contributed by atoms with Crippen LogP contribution in [-0.4, -0.2) is 104 Å². The molecular formula is C33H45F3N4O6S2. The predicted molar refractivity (Wildman–Crippen MR) is 180 cm³/mol. The Hall–Kier alpha value is -3.30. The first-order valence-electron chi connectivity index (χ1n) is 16.0. The molecule has 1 heterocycles. The van der Waals surface area contributed by atoms with Crippen LogP contribution in [0.3, 0.4) is 0 Å². The highest BCUT2D eigenvalue weighted by molar-refractivity contribution is 8.72. The van der Waals surface area contributed by atoms with Gasteiger partial charge >= 0.3 is 18.2 Å². The quantitative estimate of drug-likeness (QED) is 0.270. The third kappa shape index (κ3) is 13.7. The van der Waals surface area contributed by atoms with Crippen molar-refractivity contribution in [1.82, 2.24) is 20.4 Å². The van der Waals surface area contributed by atoms with Crippen LogP contribution in [0.2, 0.25) is 0 Å². The Morgan fingerprint density at radius 3 is 1.98 bits per heavy atom. The molecule has 15 heteroatoms. The van der Waals surface area contributed by atoms with Crippen molar-refractivity contribution < 1.29 is 41.1 Å². The van der Waals surface area contributed by atoms with Crippen molar-refractivity contribution in [2.45, 2.75) is 74.9 Å². The summed E-state index contributed by atoms with van der Waals surface area (Å²) in [6, 6.07) is 18.3. The maximum Gasteiger partial charge on any atom is 0.490 e. The molecule has 2 aromatic rings. The molecule has 2 aliphatic rings. The lowest BCUT2D eigenvalue weighted by Gasteiger charge is -2.33. The van der Waals surface area contributed by atoms with Gasteiger partial charge in [0.05, 0.1) is 5.25 Å². The number of benzene rings is 2. The molecule has 3 N–H and O–H groups in total. The standard InChI is InChI=1S/C31H44N4O4S2.C2HF3O2/c1-34-19-21-35(22-20-34)31(37)33-29(23-26-13-7-3-8-14-26)30(36)32-27(18-17-25-11-5-2-6-12-25)24-40-41(38,39)28-15-9-4-10-16-28;3-2(4,5)1(6)7/h2-3,5-8,11-14,27-29H,4,9-10,15-24H2,1H3,(H,32,36)(H,33,37);(H,6,7)/t27-,29-;/m0./s1. The fourth-order valence-corrected chi connectivity index (χ4v) is 9.34. The highest BCUT2D eigenvalue weighted by Crippen LogP contribution is 2.31. The van der Waals surface area contributed by atoms with Gasteiger partial charge in [-0.25, -0.2) is 18.0 Å². The normalized spacial score (nSPS) is 17.4. The third-order valence-electron chi connectivity index (χ3n) is 8.29. The van der Waals surface area contributed by atoms with Crippen molar-refractivity contribution >= 4 is 37.6 Å². The number of hydrogen-bond acceptors (Lipinski definition) is 7. The number of rotatable bonds is 12. The molecule has 48 heavy (non-hydrogen) atoms. The molecule has 0 radical (unpaired) electrons. The van der Waals surface area contributed by atoms with Gasteiger partial charge in [0.25, 0.3) is 0 Å². The Bertz CT molecular complexity index is 1400. The van der Waals surface area contributed by atoms with E-state index < -0.39 is 27.1 Å². The molecule has 4 rings (SSSR count). The van der Waals surface area contributed by atoms with Crippen LogP contribution in [0, 0.1) is 0 Å². The summed E-state index contributed by atoms with van der Waals surface area (Å²) in [5.41, 5.74) is 2.08. The largest absolute Gasteiger partial charge is 0.490 e. The van der Waals surface area contributed by atoms with Crippen LogP contribution >= 0.6 is 10.8 Å². The first-order chi connectivity index (χ1) is 22.7. The summed E-state index contributed by atoms with van der Waals surface area (Å²) in [5, 5.41) is 12.9. The summed E-state index contributed by atoms with van der Waals surface area (Å²) in [5.74, 6) is -2.76. The van der Waals surface area contributed by atoms with E-state index in [1.165, 1.54) is 0 Å². The lowest BCUT2D eigenvalue weighted by atomic mass is 10.0. The van der Waals surface area contributed by atoms with E-state index in [9.17, 15) is 31.2 Å². The molecule has 0 spiro atoms. The Morgan fingerprint density at radius 1 is 0.896 bits per heavy atom. The second-order valence-electron chi connectivity index (χ2n) is 12.1. The number of carboxylic acids is 1. The van der Waals surface area contributed by atoms with E-state index in [4.69, 9.17) is 9.90 Å². The fraction of sp³-hybridized carbons (Fsp3) is 0.545. The van der Waals surface area contributed by atoms with Crippen LogP contribution in [0.4, 0.5) is 18.0 Å². The fourth-order valence-electron chi connectivity index (χ4n) is 5.42. The van der Waals surface area contributed by atoms with Gasteiger partial charge in [0.15, 0.2) is 0 Å². The Balaban J connectivity index is 0.000000804. The summed E-state index contributed by atoms with van der Waals surface area (Å²) in [4.78, 5) is 39.8. The summed E-state index contributed by atoms with van der Waals surface area (Å²) in [6.07, 6.45) is 1.02. The minimum absolute atomic E-state index is 0.246. The first-order valence-corrected chi connectivity index (χ1v) is 19.1. The van der Waals surface area contributed by atoms with Gasteiger partial charge in [0.1, 0.15) is 6.04 Å². The van der Waals surface area contributed by atoms with Gasteiger partial charge in [-0.15, -0.1) is 0 Å². The summed E-state index contributed by atoms with van der Waals surface area (Å²) in [6.45, 7) is 2.79. The molecule has 0 bridgehead atoms. The van der Waals surface area contributed by atoms with Crippen LogP contribution in [-0.2, 0) is 31.3 Å². The number of aliphatic carboxylic acids is 1. The maximum atomic E-state index is 13.8. The molecule has 0 unspecified atom stereocenters. The Morgan fingerprint density at radius 2 is 1.44 bits per heavy atom. The van der Waals surface area contributed by atoms with Crippen molar-refractivity contribution in [2.24, 2.45) is 0 Å². The second kappa shape index (κ2) is 19.0. The first kappa shape index (κ1) is 39.1. The van der Waals surface area contributed by atoms with Crippen molar-refractivity contribution in [1.29, 1.82) is 0 Å². The van der Waals surface area contributed by atoms with E-state index in [1.807, 2.05) is 67.7 Å². The number of nitrogens with one attached hydrogen (secondary N) is 2. The maximum absolute atomic E-state index is 13.8. The number of carbonyl (C=O) groups is 3. The number of aryl methyl sites for hydroxylation is 1. The van der Waals surface area contributed by atoms with Crippen LogP contribution in [0.25, 0.3) is 0 Å². The number of urea groups is 1. The van der Waals surface area contributed by atoms with Crippen LogP contribution in [0.15, 0.2) is 60.7 Å². The van der Waals surface area contributed by atoms with E-state index in [1.54, 1.807) is 4.90 Å². The van der Waals surface area contributed by atoms with Crippen molar-refractivity contribution in [3.05, 3.63) is 71.8 Å². The molecule has 266 valence electrons. The molecule has 2 fully saturated rings. The number of carboxylic acid groups (broad SMARTS) is 1. The topological polar surface area (TPSA) is 136 Å². The van der Waals surface area contributed by atoms with Gasteiger partial charge in [-0.05, 0) is 54.7 Å². The van der Waals surface area contributed by atoms with Crippen LogP contribution in [0.1, 0.15) is 49.7 Å². The SMILES string of the molecule is CN1CCN(C(=O)N[C@@H](Cc2ccccc2)C(=O)N[C@@H](CCc2ccccc2)CSS(=O)(=O)C2CCCCC2)CC1.O=C(O)C(F)(F)F. The zero-order chi connectivity index (χ0) is 35.2. The van der Waals surface area contributed by atoms with Gasteiger partial charge in [-0.2, -0.15) is 13.2 Å². The Kier molecular flexibility index (Phi) is 15.5. The Labute approximate surface area is 284 Å². The number of hydrogen-bond donors (Lipinski definition) is 3. The number of amides is 3. The highest BCUT2D eigenvalue weighted by atomic mass is 33.1.